The lowest BCUT2D eigenvalue weighted by Crippen LogP contribution is -2.47. The number of benzene rings is 1. The highest BCUT2D eigenvalue weighted by Gasteiger charge is 2.39. The van der Waals surface area contributed by atoms with Crippen LogP contribution in [0.4, 0.5) is 0 Å². The maximum absolute atomic E-state index is 12.9. The molecule has 1 aromatic heterocycles. The van der Waals surface area contributed by atoms with Crippen LogP contribution < -0.4 is 5.32 Å². The van der Waals surface area contributed by atoms with E-state index in [1.165, 1.54) is 5.56 Å². The average Bonchev–Trinajstić information content (AvgIpc) is 3.10. The van der Waals surface area contributed by atoms with E-state index < -0.39 is 11.5 Å². The van der Waals surface area contributed by atoms with Crippen molar-refractivity contribution in [3.05, 3.63) is 59.5 Å². The molecule has 0 bridgehead atoms. The van der Waals surface area contributed by atoms with E-state index in [0.29, 0.717) is 12.2 Å². The molecule has 0 aliphatic heterocycles. The van der Waals surface area contributed by atoms with E-state index in [2.05, 4.69) is 17.4 Å². The molecule has 3 atom stereocenters. The summed E-state index contributed by atoms with van der Waals surface area (Å²) in [5.74, 6) is 0.569. The van der Waals surface area contributed by atoms with Crippen molar-refractivity contribution in [2.75, 3.05) is 0 Å². The Labute approximate surface area is 142 Å². The Morgan fingerprint density at radius 1 is 1.33 bits per heavy atom. The molecule has 0 saturated carbocycles. The Morgan fingerprint density at radius 3 is 2.88 bits per heavy atom. The van der Waals surface area contributed by atoms with Crippen LogP contribution in [0.3, 0.4) is 0 Å². The first-order chi connectivity index (χ1) is 11.5. The summed E-state index contributed by atoms with van der Waals surface area (Å²) in [6, 6.07) is 11.6. The molecule has 2 N–H and O–H groups in total. The van der Waals surface area contributed by atoms with Gasteiger partial charge in [0.1, 0.15) is 11.9 Å². The molecule has 1 aliphatic carbocycles. The normalized spacial score (nSPS) is 22.5. The lowest BCUT2D eigenvalue weighted by molar-refractivity contribution is -0.127. The third-order valence-electron chi connectivity index (χ3n) is 5.06. The van der Waals surface area contributed by atoms with Gasteiger partial charge in [-0.15, -0.1) is 0 Å². The van der Waals surface area contributed by atoms with E-state index in [4.69, 9.17) is 4.42 Å². The Kier molecular flexibility index (Phi) is 4.76. The number of hydrogen-bond donors (Lipinski definition) is 2. The zero-order chi connectivity index (χ0) is 17.2. The summed E-state index contributed by atoms with van der Waals surface area (Å²) in [4.78, 5) is 12.9. The van der Waals surface area contributed by atoms with Crippen LogP contribution in [0.1, 0.15) is 56.1 Å². The van der Waals surface area contributed by atoms with Crippen LogP contribution in [0.2, 0.25) is 0 Å². The van der Waals surface area contributed by atoms with Gasteiger partial charge in [-0.05, 0) is 56.4 Å². The minimum absolute atomic E-state index is 0.0359. The number of carbonyl (C=O) groups is 1. The summed E-state index contributed by atoms with van der Waals surface area (Å²) in [5, 5.41) is 13.3. The van der Waals surface area contributed by atoms with Gasteiger partial charge in [0.25, 0.3) is 0 Å². The number of aliphatic hydroxyl groups excluding tert-OH is 1. The maximum atomic E-state index is 12.9. The van der Waals surface area contributed by atoms with Gasteiger partial charge >= 0.3 is 0 Å². The summed E-state index contributed by atoms with van der Waals surface area (Å²) < 4.78 is 5.22. The van der Waals surface area contributed by atoms with Gasteiger partial charge in [0, 0.05) is 12.5 Å². The van der Waals surface area contributed by atoms with E-state index in [1.807, 2.05) is 26.0 Å². The molecule has 1 heterocycles. The summed E-state index contributed by atoms with van der Waals surface area (Å²) in [6.45, 7) is 3.94. The van der Waals surface area contributed by atoms with Crippen LogP contribution >= 0.6 is 0 Å². The number of amides is 1. The van der Waals surface area contributed by atoms with E-state index >= 15 is 0 Å². The van der Waals surface area contributed by atoms with Crippen molar-refractivity contribution in [1.29, 1.82) is 0 Å². The highest BCUT2D eigenvalue weighted by atomic mass is 16.4. The summed E-state index contributed by atoms with van der Waals surface area (Å²) >= 11 is 0. The SMILES string of the molecule is CC(CC(O)c1ccco1)NC(=O)C1(C)CCCc2ccccc21. The number of aryl methyl sites for hydroxylation is 1. The third-order valence-corrected chi connectivity index (χ3v) is 5.06. The minimum atomic E-state index is -0.707. The van der Waals surface area contributed by atoms with Crippen LogP contribution in [0.25, 0.3) is 0 Å². The Bertz CT molecular complexity index is 695. The fraction of sp³-hybridized carbons (Fsp3) is 0.450. The predicted octanol–water partition coefficient (Wildman–Crippen LogP) is 3.50. The highest BCUT2D eigenvalue weighted by Crippen LogP contribution is 2.37. The number of nitrogens with one attached hydrogen (secondary N) is 1. The number of carbonyl (C=O) groups excluding carboxylic acids is 1. The summed E-state index contributed by atoms with van der Waals surface area (Å²) in [5.41, 5.74) is 1.90. The monoisotopic (exact) mass is 327 g/mol. The van der Waals surface area contributed by atoms with Crippen LogP contribution in [-0.2, 0) is 16.6 Å². The molecular formula is C20H25NO3. The van der Waals surface area contributed by atoms with Crippen molar-refractivity contribution in [2.24, 2.45) is 0 Å². The van der Waals surface area contributed by atoms with Gasteiger partial charge in [-0.3, -0.25) is 4.79 Å². The Balaban J connectivity index is 1.68. The van der Waals surface area contributed by atoms with Crippen LogP contribution in [0.5, 0.6) is 0 Å². The van der Waals surface area contributed by atoms with Gasteiger partial charge in [-0.1, -0.05) is 24.3 Å². The molecule has 4 nitrogen and oxygen atoms in total. The number of rotatable bonds is 5. The molecule has 24 heavy (non-hydrogen) atoms. The smallest absolute Gasteiger partial charge is 0.230 e. The Morgan fingerprint density at radius 2 is 2.12 bits per heavy atom. The second-order valence-electron chi connectivity index (χ2n) is 6.98. The van der Waals surface area contributed by atoms with Gasteiger partial charge in [0.15, 0.2) is 0 Å². The van der Waals surface area contributed by atoms with E-state index in [1.54, 1.807) is 18.4 Å². The Hall–Kier alpha value is -2.07. The molecule has 2 aromatic rings. The largest absolute Gasteiger partial charge is 0.467 e. The molecule has 0 spiro atoms. The molecule has 3 rings (SSSR count). The molecule has 128 valence electrons. The number of aliphatic hydroxyl groups is 1. The molecule has 3 unspecified atom stereocenters. The average molecular weight is 327 g/mol. The van der Waals surface area contributed by atoms with Gasteiger partial charge < -0.3 is 14.8 Å². The van der Waals surface area contributed by atoms with E-state index in [0.717, 1.165) is 24.8 Å². The van der Waals surface area contributed by atoms with Gasteiger partial charge in [-0.25, -0.2) is 0 Å². The zero-order valence-corrected chi connectivity index (χ0v) is 14.3. The molecule has 1 aromatic carbocycles. The molecule has 4 heteroatoms. The molecule has 0 saturated heterocycles. The lowest BCUT2D eigenvalue weighted by Gasteiger charge is -2.35. The van der Waals surface area contributed by atoms with Crippen LogP contribution in [0, 0.1) is 0 Å². The summed E-state index contributed by atoms with van der Waals surface area (Å²) in [6.07, 6.45) is 4.17. The van der Waals surface area contributed by atoms with E-state index in [-0.39, 0.29) is 11.9 Å². The molecule has 0 fully saturated rings. The number of fused-ring (bicyclic) bond motifs is 1. The summed E-state index contributed by atoms with van der Waals surface area (Å²) in [7, 11) is 0. The van der Waals surface area contributed by atoms with Gasteiger partial charge in [0.05, 0.1) is 11.7 Å². The lowest BCUT2D eigenvalue weighted by atomic mass is 9.70. The van der Waals surface area contributed by atoms with Crippen molar-refractivity contribution in [1.82, 2.24) is 5.32 Å². The van der Waals surface area contributed by atoms with Crippen molar-refractivity contribution >= 4 is 5.91 Å². The van der Waals surface area contributed by atoms with Crippen LogP contribution in [-0.4, -0.2) is 17.1 Å². The number of hydrogen-bond acceptors (Lipinski definition) is 3. The number of furan rings is 1. The van der Waals surface area contributed by atoms with E-state index in [9.17, 15) is 9.90 Å². The second kappa shape index (κ2) is 6.81. The molecule has 1 amide bonds. The first-order valence-electron chi connectivity index (χ1n) is 8.61. The van der Waals surface area contributed by atoms with Crippen molar-refractivity contribution < 1.29 is 14.3 Å². The highest BCUT2D eigenvalue weighted by molar-refractivity contribution is 5.88. The van der Waals surface area contributed by atoms with Gasteiger partial charge in [0.2, 0.25) is 5.91 Å². The topological polar surface area (TPSA) is 62.5 Å². The zero-order valence-electron chi connectivity index (χ0n) is 14.3. The second-order valence-corrected chi connectivity index (χ2v) is 6.98. The minimum Gasteiger partial charge on any atom is -0.467 e. The van der Waals surface area contributed by atoms with Gasteiger partial charge in [-0.2, -0.15) is 0 Å². The van der Waals surface area contributed by atoms with Crippen LogP contribution in [0.15, 0.2) is 47.1 Å². The predicted molar refractivity (Wildman–Crippen MR) is 92.6 cm³/mol. The molecular weight excluding hydrogens is 302 g/mol. The molecule has 1 aliphatic rings. The standard InChI is InChI=1S/C20H25NO3/c1-14(13-17(22)18-10-6-12-24-18)21-19(23)20(2)11-5-8-15-7-3-4-9-16(15)20/h3-4,6-7,9-10,12,14,17,22H,5,8,11,13H2,1-2H3,(H,21,23). The maximum Gasteiger partial charge on any atom is 0.230 e. The first-order valence-corrected chi connectivity index (χ1v) is 8.61. The van der Waals surface area contributed by atoms with Crippen molar-refractivity contribution in [3.63, 3.8) is 0 Å². The van der Waals surface area contributed by atoms with Crippen molar-refractivity contribution in [2.45, 2.75) is 57.1 Å². The molecule has 0 radical (unpaired) electrons. The fourth-order valence-electron chi connectivity index (χ4n) is 3.65. The first kappa shape index (κ1) is 16.8. The quantitative estimate of drug-likeness (QED) is 0.883. The third kappa shape index (κ3) is 3.24. The van der Waals surface area contributed by atoms with Crippen molar-refractivity contribution in [3.8, 4) is 0 Å². The fourth-order valence-corrected chi connectivity index (χ4v) is 3.65.